The van der Waals surface area contributed by atoms with Crippen LogP contribution in [0.3, 0.4) is 0 Å². The van der Waals surface area contributed by atoms with Gasteiger partial charge in [0.15, 0.2) is 0 Å². The predicted molar refractivity (Wildman–Crippen MR) is 58.3 cm³/mol. The second kappa shape index (κ2) is 5.38. The maximum Gasteiger partial charge on any atom is 0.104 e. The van der Waals surface area contributed by atoms with Crippen LogP contribution >= 0.6 is 0 Å². The summed E-state index contributed by atoms with van der Waals surface area (Å²) in [6, 6.07) is 0. The van der Waals surface area contributed by atoms with Crippen LogP contribution in [0, 0.1) is 5.92 Å². The van der Waals surface area contributed by atoms with Crippen molar-refractivity contribution in [2.75, 3.05) is 6.54 Å². The van der Waals surface area contributed by atoms with Crippen LogP contribution in [0.25, 0.3) is 0 Å². The van der Waals surface area contributed by atoms with Crippen LogP contribution in [0.15, 0.2) is 4.99 Å². The van der Waals surface area contributed by atoms with Gasteiger partial charge in [0.2, 0.25) is 0 Å². The molecule has 0 fully saturated rings. The molecule has 1 N–H and O–H groups in total. The lowest BCUT2D eigenvalue weighted by atomic mass is 9.82. The minimum atomic E-state index is -0.690. The molecule has 0 saturated heterocycles. The van der Waals surface area contributed by atoms with Gasteiger partial charge in [-0.15, -0.1) is 0 Å². The van der Waals surface area contributed by atoms with E-state index in [-0.39, 0.29) is 5.92 Å². The highest BCUT2D eigenvalue weighted by atomic mass is 16.3. The monoisotopic (exact) mass is 185 g/mol. The summed E-state index contributed by atoms with van der Waals surface area (Å²) in [4.78, 5) is 4.30. The van der Waals surface area contributed by atoms with E-state index >= 15 is 0 Å². The molecule has 0 aliphatic carbocycles. The number of nitrogens with zero attached hydrogens (tertiary/aromatic N) is 1. The first kappa shape index (κ1) is 12.6. The van der Waals surface area contributed by atoms with Gasteiger partial charge in [0, 0.05) is 12.3 Å². The molecule has 0 heterocycles. The summed E-state index contributed by atoms with van der Waals surface area (Å²) in [5, 5.41) is 10.4. The van der Waals surface area contributed by atoms with Crippen LogP contribution in [0.2, 0.25) is 0 Å². The molecule has 1 atom stereocenters. The molecule has 0 aliphatic heterocycles. The van der Waals surface area contributed by atoms with E-state index in [0.29, 0.717) is 0 Å². The zero-order valence-electron chi connectivity index (χ0n) is 9.59. The van der Waals surface area contributed by atoms with Gasteiger partial charge in [-0.1, -0.05) is 27.2 Å². The summed E-state index contributed by atoms with van der Waals surface area (Å²) in [7, 11) is 0. The Morgan fingerprint density at radius 1 is 1.38 bits per heavy atom. The Balaban J connectivity index is 4.67. The van der Waals surface area contributed by atoms with Gasteiger partial charge in [-0.05, 0) is 26.2 Å². The minimum absolute atomic E-state index is 0.239. The average molecular weight is 185 g/mol. The van der Waals surface area contributed by atoms with Gasteiger partial charge in [-0.3, -0.25) is 4.99 Å². The maximum atomic E-state index is 10.4. The van der Waals surface area contributed by atoms with Crippen LogP contribution in [0.1, 0.15) is 47.5 Å². The van der Waals surface area contributed by atoms with E-state index in [0.717, 1.165) is 25.1 Å². The standard InChI is InChI=1S/C11H23NO/c1-6-8-11(13,9(3)4)10(5)12-7-2/h9,13H,6-8H2,1-5H3. The topological polar surface area (TPSA) is 32.6 Å². The van der Waals surface area contributed by atoms with E-state index in [9.17, 15) is 5.11 Å². The summed E-state index contributed by atoms with van der Waals surface area (Å²) in [6.07, 6.45) is 1.80. The van der Waals surface area contributed by atoms with Gasteiger partial charge in [0.1, 0.15) is 5.60 Å². The molecule has 13 heavy (non-hydrogen) atoms. The van der Waals surface area contributed by atoms with Crippen molar-refractivity contribution in [3.05, 3.63) is 0 Å². The Hall–Kier alpha value is -0.370. The highest BCUT2D eigenvalue weighted by Crippen LogP contribution is 2.24. The molecule has 0 aromatic heterocycles. The maximum absolute atomic E-state index is 10.4. The zero-order valence-corrected chi connectivity index (χ0v) is 9.59. The predicted octanol–water partition coefficient (Wildman–Crippen LogP) is 2.65. The Kier molecular flexibility index (Phi) is 5.23. The quantitative estimate of drug-likeness (QED) is 0.656. The van der Waals surface area contributed by atoms with Gasteiger partial charge in [0.25, 0.3) is 0 Å². The third kappa shape index (κ3) is 3.11. The number of hydrogen-bond acceptors (Lipinski definition) is 2. The van der Waals surface area contributed by atoms with E-state index < -0.39 is 5.60 Å². The van der Waals surface area contributed by atoms with E-state index in [2.05, 4.69) is 11.9 Å². The molecule has 0 aromatic rings. The van der Waals surface area contributed by atoms with Crippen molar-refractivity contribution < 1.29 is 5.11 Å². The van der Waals surface area contributed by atoms with Crippen molar-refractivity contribution in [3.8, 4) is 0 Å². The lowest BCUT2D eigenvalue weighted by Crippen LogP contribution is -2.42. The van der Waals surface area contributed by atoms with Crippen molar-refractivity contribution in [2.24, 2.45) is 10.9 Å². The molecule has 2 heteroatoms. The largest absolute Gasteiger partial charge is 0.384 e. The molecule has 0 aliphatic rings. The molecular weight excluding hydrogens is 162 g/mol. The molecule has 0 saturated carbocycles. The van der Waals surface area contributed by atoms with Gasteiger partial charge in [-0.2, -0.15) is 0 Å². The second-order valence-corrected chi connectivity index (χ2v) is 3.89. The summed E-state index contributed by atoms with van der Waals surface area (Å²) in [5.74, 6) is 0.239. The second-order valence-electron chi connectivity index (χ2n) is 3.89. The van der Waals surface area contributed by atoms with Gasteiger partial charge in [-0.25, -0.2) is 0 Å². The minimum Gasteiger partial charge on any atom is -0.384 e. The van der Waals surface area contributed by atoms with Crippen molar-refractivity contribution in [1.82, 2.24) is 0 Å². The Bertz CT molecular complexity index is 175. The third-order valence-corrected chi connectivity index (χ3v) is 2.61. The van der Waals surface area contributed by atoms with E-state index in [1.165, 1.54) is 0 Å². The Labute approximate surface area is 82.1 Å². The number of hydrogen-bond donors (Lipinski definition) is 1. The first-order chi connectivity index (χ1) is 5.99. The molecular formula is C11H23NO. The van der Waals surface area contributed by atoms with Crippen molar-refractivity contribution >= 4 is 5.71 Å². The summed E-state index contributed by atoms with van der Waals surface area (Å²) < 4.78 is 0. The molecule has 2 nitrogen and oxygen atoms in total. The number of aliphatic imine (C=N–C) groups is 1. The third-order valence-electron chi connectivity index (χ3n) is 2.61. The molecule has 0 amide bonds. The number of rotatable bonds is 5. The van der Waals surface area contributed by atoms with Gasteiger partial charge in [0.05, 0.1) is 0 Å². The first-order valence-electron chi connectivity index (χ1n) is 5.22. The van der Waals surface area contributed by atoms with Gasteiger partial charge < -0.3 is 5.11 Å². The Morgan fingerprint density at radius 2 is 1.92 bits per heavy atom. The molecule has 0 aromatic carbocycles. The molecule has 0 bridgehead atoms. The van der Waals surface area contributed by atoms with Crippen LogP contribution in [-0.4, -0.2) is 23.0 Å². The fourth-order valence-corrected chi connectivity index (χ4v) is 1.64. The lowest BCUT2D eigenvalue weighted by Gasteiger charge is -2.32. The fourth-order valence-electron chi connectivity index (χ4n) is 1.64. The van der Waals surface area contributed by atoms with Crippen molar-refractivity contribution in [1.29, 1.82) is 0 Å². The molecule has 0 rings (SSSR count). The SMILES string of the molecule is CCCC(O)(C(C)=NCC)C(C)C. The fraction of sp³-hybridized carbons (Fsp3) is 0.909. The van der Waals surface area contributed by atoms with Crippen LogP contribution in [0.4, 0.5) is 0 Å². The highest BCUT2D eigenvalue weighted by molar-refractivity contribution is 5.90. The van der Waals surface area contributed by atoms with Crippen molar-refractivity contribution in [2.45, 2.75) is 53.1 Å². The normalized spacial score (nSPS) is 17.6. The Morgan fingerprint density at radius 3 is 2.23 bits per heavy atom. The lowest BCUT2D eigenvalue weighted by molar-refractivity contribution is 0.0534. The average Bonchev–Trinajstić information content (AvgIpc) is 2.04. The molecule has 1 unspecified atom stereocenters. The highest BCUT2D eigenvalue weighted by Gasteiger charge is 2.32. The summed E-state index contributed by atoms with van der Waals surface area (Å²) in [5.41, 5.74) is 0.192. The summed E-state index contributed by atoms with van der Waals surface area (Å²) >= 11 is 0. The number of aliphatic hydroxyl groups is 1. The first-order valence-corrected chi connectivity index (χ1v) is 5.22. The zero-order chi connectivity index (χ0) is 10.5. The van der Waals surface area contributed by atoms with E-state index in [1.54, 1.807) is 0 Å². The van der Waals surface area contributed by atoms with Gasteiger partial charge >= 0.3 is 0 Å². The van der Waals surface area contributed by atoms with Crippen LogP contribution in [0.5, 0.6) is 0 Å². The molecule has 0 radical (unpaired) electrons. The van der Waals surface area contributed by atoms with E-state index in [1.807, 2.05) is 27.7 Å². The van der Waals surface area contributed by atoms with Crippen molar-refractivity contribution in [3.63, 3.8) is 0 Å². The smallest absolute Gasteiger partial charge is 0.104 e. The van der Waals surface area contributed by atoms with Crippen LogP contribution < -0.4 is 0 Å². The molecule has 78 valence electrons. The van der Waals surface area contributed by atoms with Crippen LogP contribution in [-0.2, 0) is 0 Å². The van der Waals surface area contributed by atoms with E-state index in [4.69, 9.17) is 0 Å². The summed E-state index contributed by atoms with van der Waals surface area (Å²) in [6.45, 7) is 10.9. The molecule has 0 spiro atoms.